The van der Waals surface area contributed by atoms with Crippen molar-refractivity contribution in [3.05, 3.63) is 80.7 Å². The summed E-state index contributed by atoms with van der Waals surface area (Å²) >= 11 is 11.9. The maximum absolute atomic E-state index is 13.3. The Morgan fingerprint density at radius 1 is 1.27 bits per heavy atom. The van der Waals surface area contributed by atoms with Gasteiger partial charge < -0.3 is 0 Å². The average molecular weight is 392 g/mol. The molecule has 3 rings (SSSR count). The molecule has 132 valence electrons. The second-order valence-corrected chi connectivity index (χ2v) is 5.97. The standard InChI is InChI=1S/C17H12Cl2FN5O/c1-24(22-9-11-4-2-3-7-21-11)15-10-23-25(17(26)16(15)19)12-5-6-14(20)13(18)8-12/h2-10H,1H3. The molecule has 0 radical (unpaired) electrons. The highest BCUT2D eigenvalue weighted by Gasteiger charge is 2.14. The van der Waals surface area contributed by atoms with Gasteiger partial charge in [-0.25, -0.2) is 4.39 Å². The Bertz CT molecular complexity index is 1020. The van der Waals surface area contributed by atoms with Crippen LogP contribution in [0.3, 0.4) is 0 Å². The smallest absolute Gasteiger partial charge is 0.266 e. The Kier molecular flexibility index (Phi) is 5.29. The Morgan fingerprint density at radius 3 is 2.77 bits per heavy atom. The van der Waals surface area contributed by atoms with Crippen molar-refractivity contribution < 1.29 is 4.39 Å². The summed E-state index contributed by atoms with van der Waals surface area (Å²) in [5.74, 6) is -0.588. The van der Waals surface area contributed by atoms with Gasteiger partial charge in [0.1, 0.15) is 16.5 Å². The maximum atomic E-state index is 13.3. The van der Waals surface area contributed by atoms with E-state index in [0.29, 0.717) is 17.1 Å². The zero-order valence-corrected chi connectivity index (χ0v) is 15.0. The number of hydrazone groups is 1. The number of halogens is 3. The first-order chi connectivity index (χ1) is 12.5. The molecule has 9 heteroatoms. The van der Waals surface area contributed by atoms with Gasteiger partial charge in [-0.1, -0.05) is 29.3 Å². The lowest BCUT2D eigenvalue weighted by atomic mass is 10.3. The number of hydrogen-bond acceptors (Lipinski definition) is 5. The monoisotopic (exact) mass is 391 g/mol. The predicted molar refractivity (Wildman–Crippen MR) is 100 cm³/mol. The molecule has 0 saturated carbocycles. The van der Waals surface area contributed by atoms with E-state index in [0.717, 1.165) is 10.7 Å². The molecule has 6 nitrogen and oxygen atoms in total. The van der Waals surface area contributed by atoms with E-state index in [-0.39, 0.29) is 10.0 Å². The first kappa shape index (κ1) is 18.0. The lowest BCUT2D eigenvalue weighted by molar-refractivity contribution is 0.627. The largest absolute Gasteiger partial charge is 0.292 e. The fourth-order valence-electron chi connectivity index (χ4n) is 2.11. The van der Waals surface area contributed by atoms with Crippen LogP contribution in [0.1, 0.15) is 5.69 Å². The van der Waals surface area contributed by atoms with Crippen LogP contribution < -0.4 is 10.6 Å². The summed E-state index contributed by atoms with van der Waals surface area (Å²) in [6.07, 6.45) is 4.56. The van der Waals surface area contributed by atoms with Crippen LogP contribution in [0, 0.1) is 5.82 Å². The summed E-state index contributed by atoms with van der Waals surface area (Å²) in [5.41, 5.74) is 0.687. The van der Waals surface area contributed by atoms with Crippen LogP contribution in [0.5, 0.6) is 0 Å². The molecule has 0 unspecified atom stereocenters. The molecule has 0 atom stereocenters. The van der Waals surface area contributed by atoms with E-state index < -0.39 is 11.4 Å². The number of nitrogens with zero attached hydrogens (tertiary/aromatic N) is 5. The first-order valence-corrected chi connectivity index (χ1v) is 8.15. The number of aromatic nitrogens is 3. The van der Waals surface area contributed by atoms with Crippen LogP contribution in [0.4, 0.5) is 10.1 Å². The number of rotatable bonds is 4. The zero-order valence-electron chi connectivity index (χ0n) is 13.5. The molecule has 2 aromatic heterocycles. The lowest BCUT2D eigenvalue weighted by Gasteiger charge is -2.15. The van der Waals surface area contributed by atoms with Crippen molar-refractivity contribution in [1.29, 1.82) is 0 Å². The molecule has 3 aromatic rings. The van der Waals surface area contributed by atoms with Gasteiger partial charge in [0.15, 0.2) is 0 Å². The number of anilines is 1. The van der Waals surface area contributed by atoms with Gasteiger partial charge in [-0.3, -0.25) is 14.8 Å². The Balaban J connectivity index is 1.93. The maximum Gasteiger partial charge on any atom is 0.292 e. The van der Waals surface area contributed by atoms with Gasteiger partial charge in [0.05, 0.1) is 28.8 Å². The Hall–Kier alpha value is -2.77. The highest BCUT2D eigenvalue weighted by Crippen LogP contribution is 2.22. The minimum absolute atomic E-state index is 0.0823. The molecule has 0 aliphatic heterocycles. The molecule has 0 saturated heterocycles. The SMILES string of the molecule is CN(N=Cc1ccccn1)c1cnn(-c2ccc(F)c(Cl)c2)c(=O)c1Cl. The van der Waals surface area contributed by atoms with Crippen molar-refractivity contribution >= 4 is 35.1 Å². The molecule has 0 aliphatic carbocycles. The molecule has 1 aromatic carbocycles. The molecule has 0 aliphatic rings. The highest BCUT2D eigenvalue weighted by atomic mass is 35.5. The lowest BCUT2D eigenvalue weighted by Crippen LogP contribution is -2.24. The third kappa shape index (κ3) is 3.74. The first-order valence-electron chi connectivity index (χ1n) is 7.39. The van der Waals surface area contributed by atoms with Gasteiger partial charge in [-0.2, -0.15) is 14.9 Å². The average Bonchev–Trinajstić information content (AvgIpc) is 2.65. The van der Waals surface area contributed by atoms with E-state index in [1.807, 2.05) is 6.07 Å². The van der Waals surface area contributed by atoms with Crippen molar-refractivity contribution in [2.24, 2.45) is 5.10 Å². The molecule has 0 spiro atoms. The van der Waals surface area contributed by atoms with Crippen LogP contribution in [0.15, 0.2) is 58.7 Å². The molecule has 26 heavy (non-hydrogen) atoms. The number of pyridine rings is 1. The van der Waals surface area contributed by atoms with Gasteiger partial charge in [0.2, 0.25) is 0 Å². The van der Waals surface area contributed by atoms with Crippen LogP contribution in [-0.2, 0) is 0 Å². The second-order valence-electron chi connectivity index (χ2n) is 5.18. The summed E-state index contributed by atoms with van der Waals surface area (Å²) in [5, 5.41) is 9.47. The second kappa shape index (κ2) is 7.63. The quantitative estimate of drug-likeness (QED) is 0.503. The van der Waals surface area contributed by atoms with Gasteiger partial charge in [-0.05, 0) is 30.3 Å². The summed E-state index contributed by atoms with van der Waals surface area (Å²) in [7, 11) is 1.63. The molecular formula is C17H12Cl2FN5O. The highest BCUT2D eigenvalue weighted by molar-refractivity contribution is 6.33. The van der Waals surface area contributed by atoms with E-state index in [2.05, 4.69) is 15.2 Å². The van der Waals surface area contributed by atoms with Crippen LogP contribution in [0.2, 0.25) is 10.0 Å². The molecular weight excluding hydrogens is 380 g/mol. The number of benzene rings is 1. The number of hydrogen-bond donors (Lipinski definition) is 0. The van der Waals surface area contributed by atoms with Crippen molar-refractivity contribution in [2.75, 3.05) is 12.1 Å². The Morgan fingerprint density at radius 2 is 2.08 bits per heavy atom. The minimum Gasteiger partial charge on any atom is -0.266 e. The summed E-state index contributed by atoms with van der Waals surface area (Å²) in [6.45, 7) is 0. The fraction of sp³-hybridized carbons (Fsp3) is 0.0588. The fourth-order valence-corrected chi connectivity index (χ4v) is 2.54. The zero-order chi connectivity index (χ0) is 18.7. The van der Waals surface area contributed by atoms with Gasteiger partial charge in [0.25, 0.3) is 5.56 Å². The molecule has 0 bridgehead atoms. The van der Waals surface area contributed by atoms with E-state index in [9.17, 15) is 9.18 Å². The normalized spacial score (nSPS) is 11.1. The van der Waals surface area contributed by atoms with Crippen LogP contribution in [0.25, 0.3) is 5.69 Å². The topological polar surface area (TPSA) is 63.4 Å². The van der Waals surface area contributed by atoms with Crippen molar-refractivity contribution in [1.82, 2.24) is 14.8 Å². The minimum atomic E-state index is -0.588. The third-order valence-corrected chi connectivity index (χ3v) is 4.09. The van der Waals surface area contributed by atoms with E-state index >= 15 is 0 Å². The van der Waals surface area contributed by atoms with Crippen LogP contribution in [-0.4, -0.2) is 28.0 Å². The Labute approximate surface area is 158 Å². The van der Waals surface area contributed by atoms with Gasteiger partial charge in [-0.15, -0.1) is 0 Å². The molecule has 0 N–H and O–H groups in total. The van der Waals surface area contributed by atoms with Crippen molar-refractivity contribution in [3.8, 4) is 5.69 Å². The van der Waals surface area contributed by atoms with Crippen LogP contribution >= 0.6 is 23.2 Å². The van der Waals surface area contributed by atoms with E-state index in [1.54, 1.807) is 25.4 Å². The molecule has 0 amide bonds. The predicted octanol–water partition coefficient (Wildman–Crippen LogP) is 3.54. The van der Waals surface area contributed by atoms with Crippen molar-refractivity contribution in [2.45, 2.75) is 0 Å². The molecule has 2 heterocycles. The van der Waals surface area contributed by atoms with Crippen molar-refractivity contribution in [3.63, 3.8) is 0 Å². The van der Waals surface area contributed by atoms with E-state index in [1.165, 1.54) is 29.6 Å². The van der Waals surface area contributed by atoms with Gasteiger partial charge >= 0.3 is 0 Å². The van der Waals surface area contributed by atoms with Gasteiger partial charge in [0, 0.05) is 13.2 Å². The van der Waals surface area contributed by atoms with E-state index in [4.69, 9.17) is 23.2 Å². The summed E-state index contributed by atoms with van der Waals surface area (Å²) < 4.78 is 14.3. The summed E-state index contributed by atoms with van der Waals surface area (Å²) in [4.78, 5) is 16.6. The third-order valence-electron chi connectivity index (χ3n) is 3.45. The molecule has 0 fully saturated rings. The summed E-state index contributed by atoms with van der Waals surface area (Å²) in [6, 6.07) is 9.24.